The Kier molecular flexibility index (Phi) is 12.4. The number of carbonyl (C=O) groups is 1. The molecule has 0 amide bonds. The van der Waals surface area contributed by atoms with Gasteiger partial charge in [0.25, 0.3) is 0 Å². The fraction of sp³-hybridized carbons (Fsp3) is 0.591. The molecule has 6 nitrogen and oxygen atoms in total. The monoisotopic (exact) mass is 394 g/mol. The first-order valence-electron chi connectivity index (χ1n) is 9.98. The smallest absolute Gasteiger partial charge is 0.303 e. The Morgan fingerprint density at radius 2 is 1.82 bits per heavy atom. The number of rotatable bonds is 13. The number of ether oxygens (including phenoxy) is 1. The minimum absolute atomic E-state index is 0.0606. The molecule has 1 fully saturated rings. The van der Waals surface area contributed by atoms with Crippen LogP contribution in [0.15, 0.2) is 48.6 Å². The summed E-state index contributed by atoms with van der Waals surface area (Å²) in [5.41, 5.74) is 0. The second-order valence-electron chi connectivity index (χ2n) is 6.92. The van der Waals surface area contributed by atoms with E-state index in [9.17, 15) is 20.1 Å². The molecule has 1 saturated heterocycles. The van der Waals surface area contributed by atoms with Gasteiger partial charge in [0.05, 0.1) is 24.4 Å². The molecule has 0 spiro atoms. The molecule has 0 saturated carbocycles. The predicted molar refractivity (Wildman–Crippen MR) is 109 cm³/mol. The highest BCUT2D eigenvalue weighted by molar-refractivity contribution is 5.66. The molecule has 5 atom stereocenters. The summed E-state index contributed by atoms with van der Waals surface area (Å²) in [5.74, 6) is -0.854. The maximum Gasteiger partial charge on any atom is 0.303 e. The van der Waals surface area contributed by atoms with Gasteiger partial charge in [0, 0.05) is 12.8 Å². The lowest BCUT2D eigenvalue weighted by Crippen LogP contribution is -2.25. The van der Waals surface area contributed by atoms with Crippen LogP contribution < -0.4 is 0 Å². The predicted octanol–water partition coefficient (Wildman–Crippen LogP) is 2.90. The summed E-state index contributed by atoms with van der Waals surface area (Å²) in [6.07, 6.45) is 15.1. The third kappa shape index (κ3) is 10.6. The summed E-state index contributed by atoms with van der Waals surface area (Å²) < 4.78 is 5.70. The lowest BCUT2D eigenvalue weighted by Gasteiger charge is -2.16. The molecule has 0 unspecified atom stereocenters. The van der Waals surface area contributed by atoms with Gasteiger partial charge < -0.3 is 25.2 Å². The van der Waals surface area contributed by atoms with Crippen LogP contribution in [0.5, 0.6) is 0 Å². The number of hydrogen-bond donors (Lipinski definition) is 4. The summed E-state index contributed by atoms with van der Waals surface area (Å²) in [6, 6.07) is 0. The zero-order valence-corrected chi connectivity index (χ0v) is 16.6. The van der Waals surface area contributed by atoms with Crippen molar-refractivity contribution in [1.29, 1.82) is 0 Å². The Balaban J connectivity index is 2.34. The molecule has 1 aliphatic rings. The van der Waals surface area contributed by atoms with Crippen molar-refractivity contribution in [3.63, 3.8) is 0 Å². The van der Waals surface area contributed by atoms with Crippen LogP contribution in [0.3, 0.4) is 0 Å². The molecule has 0 bridgehead atoms. The lowest BCUT2D eigenvalue weighted by atomic mass is 10.0. The maximum atomic E-state index is 10.4. The topological polar surface area (TPSA) is 107 Å². The summed E-state index contributed by atoms with van der Waals surface area (Å²) in [7, 11) is 0. The van der Waals surface area contributed by atoms with Crippen molar-refractivity contribution < 1.29 is 30.0 Å². The highest BCUT2D eigenvalue weighted by Crippen LogP contribution is 2.25. The van der Waals surface area contributed by atoms with Gasteiger partial charge in [0.2, 0.25) is 0 Å². The summed E-state index contributed by atoms with van der Waals surface area (Å²) in [4.78, 5) is 10.4. The van der Waals surface area contributed by atoms with Crippen LogP contribution in [0.1, 0.15) is 51.9 Å². The zero-order valence-electron chi connectivity index (χ0n) is 16.6. The van der Waals surface area contributed by atoms with E-state index in [0.717, 1.165) is 12.8 Å². The van der Waals surface area contributed by atoms with E-state index in [1.54, 1.807) is 24.3 Å². The molecule has 0 aromatic heterocycles. The number of allylic oxidation sites excluding steroid dienone is 4. The molecule has 0 radical (unpaired) electrons. The van der Waals surface area contributed by atoms with Crippen molar-refractivity contribution in [2.24, 2.45) is 0 Å². The number of aliphatic hydroxyl groups excluding tert-OH is 3. The van der Waals surface area contributed by atoms with Crippen LogP contribution in [0, 0.1) is 0 Å². The Bertz CT molecular complexity index is 551. The van der Waals surface area contributed by atoms with Gasteiger partial charge in [-0.15, -0.1) is 0 Å². The first-order chi connectivity index (χ1) is 13.4. The van der Waals surface area contributed by atoms with E-state index in [0.29, 0.717) is 25.7 Å². The molecular formula is C22H34O6. The first-order valence-corrected chi connectivity index (χ1v) is 9.98. The average molecular weight is 395 g/mol. The van der Waals surface area contributed by atoms with Crippen molar-refractivity contribution in [1.82, 2.24) is 0 Å². The minimum atomic E-state index is -0.854. The third-order valence-corrected chi connectivity index (χ3v) is 4.42. The summed E-state index contributed by atoms with van der Waals surface area (Å²) in [5, 5.41) is 38.9. The van der Waals surface area contributed by atoms with E-state index in [2.05, 4.69) is 19.1 Å². The molecule has 6 heteroatoms. The van der Waals surface area contributed by atoms with Gasteiger partial charge in [-0.05, 0) is 32.1 Å². The van der Waals surface area contributed by atoms with Gasteiger partial charge in [0.1, 0.15) is 6.10 Å². The molecule has 4 N–H and O–H groups in total. The first kappa shape index (κ1) is 24.3. The second-order valence-corrected chi connectivity index (χ2v) is 6.92. The second kappa shape index (κ2) is 14.3. The number of aliphatic carboxylic acids is 1. The molecule has 1 heterocycles. The number of carboxylic acids is 1. The van der Waals surface area contributed by atoms with E-state index in [4.69, 9.17) is 9.84 Å². The highest BCUT2D eigenvalue weighted by atomic mass is 16.5. The Hall–Kier alpha value is -1.73. The quantitative estimate of drug-likeness (QED) is 0.358. The average Bonchev–Trinajstić information content (AvgIpc) is 3.03. The standard InChI is InChI=1S/C22H34O6/c1-2-3-4-5-6-8-11-17(23)14-15-20-19(25)16-21(28-20)18(24)12-9-7-10-13-22(26)27/h3-4,6-9,14-15,17-21,23-25H,2,5,10-13,16H2,1H3,(H,26,27)/b4-3-,8-6-,9-7-,15-14+/t17-,18-,19+,20-,21-/m0/s1. The molecule has 0 aromatic carbocycles. The maximum absolute atomic E-state index is 10.4. The number of aliphatic hydroxyl groups is 3. The van der Waals surface area contributed by atoms with Gasteiger partial charge >= 0.3 is 5.97 Å². The van der Waals surface area contributed by atoms with Gasteiger partial charge in [-0.2, -0.15) is 0 Å². The van der Waals surface area contributed by atoms with E-state index in [-0.39, 0.29) is 6.42 Å². The fourth-order valence-corrected chi connectivity index (χ4v) is 2.84. The SMILES string of the molecule is CC/C=C\C/C=C\C[C@H](O)/C=C/[C@@H]1O[C@H]([C@@H](O)C/C=C\CCC(=O)O)C[C@H]1O. The lowest BCUT2D eigenvalue weighted by molar-refractivity contribution is -0.136. The number of carboxylic acid groups (broad SMARTS) is 1. The van der Waals surface area contributed by atoms with Gasteiger partial charge in [-0.1, -0.05) is 55.5 Å². The molecule has 28 heavy (non-hydrogen) atoms. The van der Waals surface area contributed by atoms with E-state index >= 15 is 0 Å². The van der Waals surface area contributed by atoms with Gasteiger partial charge in [-0.3, -0.25) is 4.79 Å². The van der Waals surface area contributed by atoms with Crippen LogP contribution >= 0.6 is 0 Å². The van der Waals surface area contributed by atoms with Crippen LogP contribution in [-0.4, -0.2) is 56.9 Å². The Morgan fingerprint density at radius 3 is 2.54 bits per heavy atom. The van der Waals surface area contributed by atoms with Crippen molar-refractivity contribution >= 4 is 5.97 Å². The highest BCUT2D eigenvalue weighted by Gasteiger charge is 2.35. The van der Waals surface area contributed by atoms with Crippen LogP contribution in [0.25, 0.3) is 0 Å². The molecule has 158 valence electrons. The van der Waals surface area contributed by atoms with E-state index < -0.39 is 36.5 Å². The third-order valence-electron chi connectivity index (χ3n) is 4.42. The zero-order chi connectivity index (χ0) is 20.8. The normalized spacial score (nSPS) is 25.5. The largest absolute Gasteiger partial charge is 0.481 e. The van der Waals surface area contributed by atoms with Gasteiger partial charge in [-0.25, -0.2) is 0 Å². The molecule has 0 aromatic rings. The van der Waals surface area contributed by atoms with Crippen molar-refractivity contribution in [2.45, 2.75) is 82.4 Å². The van der Waals surface area contributed by atoms with Crippen molar-refractivity contribution in [3.05, 3.63) is 48.6 Å². The van der Waals surface area contributed by atoms with Crippen molar-refractivity contribution in [3.8, 4) is 0 Å². The minimum Gasteiger partial charge on any atom is -0.481 e. The summed E-state index contributed by atoms with van der Waals surface area (Å²) >= 11 is 0. The van der Waals surface area contributed by atoms with E-state index in [1.165, 1.54) is 0 Å². The fourth-order valence-electron chi connectivity index (χ4n) is 2.84. The Morgan fingerprint density at radius 1 is 1.11 bits per heavy atom. The Labute approximate surface area is 167 Å². The molecule has 1 aliphatic heterocycles. The summed E-state index contributed by atoms with van der Waals surface area (Å²) in [6.45, 7) is 2.08. The van der Waals surface area contributed by atoms with Crippen LogP contribution in [0.2, 0.25) is 0 Å². The molecule has 0 aliphatic carbocycles. The van der Waals surface area contributed by atoms with E-state index in [1.807, 2.05) is 12.2 Å². The molecular weight excluding hydrogens is 360 g/mol. The van der Waals surface area contributed by atoms with Crippen LogP contribution in [-0.2, 0) is 9.53 Å². The molecule has 1 rings (SSSR count). The van der Waals surface area contributed by atoms with Gasteiger partial charge in [0.15, 0.2) is 0 Å². The van der Waals surface area contributed by atoms with Crippen molar-refractivity contribution in [2.75, 3.05) is 0 Å². The number of hydrogen-bond acceptors (Lipinski definition) is 5. The van der Waals surface area contributed by atoms with Crippen LogP contribution in [0.4, 0.5) is 0 Å².